The van der Waals surface area contributed by atoms with E-state index < -0.39 is 0 Å². The van der Waals surface area contributed by atoms with Crippen molar-refractivity contribution in [3.63, 3.8) is 0 Å². The van der Waals surface area contributed by atoms with Crippen LogP contribution >= 0.6 is 0 Å². The molecule has 1 fully saturated rings. The number of aromatic nitrogens is 2. The zero-order valence-corrected chi connectivity index (χ0v) is 15.5. The van der Waals surface area contributed by atoms with Crippen molar-refractivity contribution in [1.82, 2.24) is 9.97 Å². The summed E-state index contributed by atoms with van der Waals surface area (Å²) in [5.74, 6) is 2.63. The van der Waals surface area contributed by atoms with Crippen LogP contribution in [0.3, 0.4) is 0 Å². The van der Waals surface area contributed by atoms with Gasteiger partial charge in [0, 0.05) is 30.9 Å². The van der Waals surface area contributed by atoms with Gasteiger partial charge in [-0.05, 0) is 50.3 Å². The Kier molecular flexibility index (Phi) is 5.74. The molecule has 1 unspecified atom stereocenters. The van der Waals surface area contributed by atoms with E-state index in [-0.39, 0.29) is 0 Å². The predicted octanol–water partition coefficient (Wildman–Crippen LogP) is 4.17. The smallest absolute Gasteiger partial charge is 0.227 e. The minimum atomic E-state index is 0.560. The van der Waals surface area contributed by atoms with Gasteiger partial charge in [-0.25, -0.2) is 4.98 Å². The molecule has 25 heavy (non-hydrogen) atoms. The molecule has 0 aliphatic carbocycles. The summed E-state index contributed by atoms with van der Waals surface area (Å²) < 4.78 is 5.20. The number of aryl methyl sites for hydroxylation is 1. The Balaban J connectivity index is 1.72. The van der Waals surface area contributed by atoms with E-state index in [2.05, 4.69) is 29.3 Å². The maximum atomic E-state index is 5.20. The summed E-state index contributed by atoms with van der Waals surface area (Å²) in [7, 11) is 1.68. The van der Waals surface area contributed by atoms with Gasteiger partial charge in [0.25, 0.3) is 0 Å². The molecule has 3 rings (SSSR count). The number of piperidine rings is 1. The van der Waals surface area contributed by atoms with Crippen molar-refractivity contribution >= 4 is 11.8 Å². The molecule has 1 aliphatic heterocycles. The Bertz CT molecular complexity index is 687. The van der Waals surface area contributed by atoms with Crippen LogP contribution in [0.1, 0.15) is 43.9 Å². The van der Waals surface area contributed by atoms with Crippen LogP contribution in [0.25, 0.3) is 0 Å². The normalized spacial score (nSPS) is 17.4. The topological polar surface area (TPSA) is 50.3 Å². The maximum absolute atomic E-state index is 5.20. The van der Waals surface area contributed by atoms with Crippen LogP contribution < -0.4 is 15.0 Å². The van der Waals surface area contributed by atoms with Crippen molar-refractivity contribution in [3.05, 3.63) is 41.6 Å². The molecule has 134 valence electrons. The molecule has 0 spiro atoms. The van der Waals surface area contributed by atoms with Crippen LogP contribution in [0, 0.1) is 6.92 Å². The van der Waals surface area contributed by atoms with Crippen molar-refractivity contribution < 1.29 is 4.74 Å². The van der Waals surface area contributed by atoms with E-state index in [0.29, 0.717) is 6.04 Å². The number of hydrogen-bond donors (Lipinski definition) is 1. The van der Waals surface area contributed by atoms with Crippen LogP contribution in [-0.2, 0) is 6.54 Å². The van der Waals surface area contributed by atoms with E-state index in [4.69, 9.17) is 14.7 Å². The van der Waals surface area contributed by atoms with E-state index >= 15 is 0 Å². The molecule has 5 nitrogen and oxygen atoms in total. The monoisotopic (exact) mass is 340 g/mol. The number of methoxy groups -OCH3 is 1. The summed E-state index contributed by atoms with van der Waals surface area (Å²) >= 11 is 0. The molecule has 1 N–H and O–H groups in total. The average molecular weight is 340 g/mol. The predicted molar refractivity (Wildman–Crippen MR) is 102 cm³/mol. The fraction of sp³-hybridized carbons (Fsp3) is 0.500. The van der Waals surface area contributed by atoms with Gasteiger partial charge < -0.3 is 15.0 Å². The third-order valence-electron chi connectivity index (χ3n) is 4.83. The van der Waals surface area contributed by atoms with Gasteiger partial charge >= 0.3 is 0 Å². The van der Waals surface area contributed by atoms with Crippen LogP contribution in [0.2, 0.25) is 0 Å². The van der Waals surface area contributed by atoms with E-state index in [1.165, 1.54) is 24.8 Å². The highest BCUT2D eigenvalue weighted by atomic mass is 16.5. The van der Waals surface area contributed by atoms with Gasteiger partial charge in [-0.3, -0.25) is 0 Å². The second kappa shape index (κ2) is 8.19. The number of rotatable bonds is 6. The SMILES string of the molecule is CCC1CCCCN1c1nc(C)cc(NCc2ccc(OC)cc2)n1. The molecule has 1 saturated heterocycles. The molecule has 1 aliphatic rings. The minimum Gasteiger partial charge on any atom is -0.497 e. The second-order valence-electron chi connectivity index (χ2n) is 6.65. The molecule has 0 saturated carbocycles. The molecule has 1 atom stereocenters. The first-order chi connectivity index (χ1) is 12.2. The summed E-state index contributed by atoms with van der Waals surface area (Å²) in [6, 6.07) is 10.7. The van der Waals surface area contributed by atoms with Gasteiger partial charge in [0.15, 0.2) is 0 Å². The lowest BCUT2D eigenvalue weighted by Gasteiger charge is -2.35. The summed E-state index contributed by atoms with van der Waals surface area (Å²) in [5, 5.41) is 3.43. The van der Waals surface area contributed by atoms with Crippen LogP contribution in [0.5, 0.6) is 5.75 Å². The van der Waals surface area contributed by atoms with Gasteiger partial charge in [-0.2, -0.15) is 4.98 Å². The van der Waals surface area contributed by atoms with E-state index in [9.17, 15) is 0 Å². The quantitative estimate of drug-likeness (QED) is 0.855. The van der Waals surface area contributed by atoms with Crippen molar-refractivity contribution in [3.8, 4) is 5.75 Å². The highest BCUT2D eigenvalue weighted by Gasteiger charge is 2.23. The van der Waals surface area contributed by atoms with Gasteiger partial charge in [0.1, 0.15) is 11.6 Å². The van der Waals surface area contributed by atoms with Crippen LogP contribution in [0.4, 0.5) is 11.8 Å². The maximum Gasteiger partial charge on any atom is 0.227 e. The Morgan fingerprint density at radius 2 is 2.00 bits per heavy atom. The fourth-order valence-corrected chi connectivity index (χ4v) is 3.40. The molecule has 2 aromatic rings. The lowest BCUT2D eigenvalue weighted by atomic mass is 10.0. The lowest BCUT2D eigenvalue weighted by molar-refractivity contribution is 0.414. The van der Waals surface area contributed by atoms with Crippen LogP contribution in [0.15, 0.2) is 30.3 Å². The lowest BCUT2D eigenvalue weighted by Crippen LogP contribution is -2.40. The summed E-state index contributed by atoms with van der Waals surface area (Å²) in [5.41, 5.74) is 2.20. The zero-order chi connectivity index (χ0) is 17.6. The number of benzene rings is 1. The fourth-order valence-electron chi connectivity index (χ4n) is 3.40. The average Bonchev–Trinajstić information content (AvgIpc) is 2.66. The molecular weight excluding hydrogens is 312 g/mol. The Hall–Kier alpha value is -2.30. The number of ether oxygens (including phenoxy) is 1. The number of nitrogens with zero attached hydrogens (tertiary/aromatic N) is 3. The molecule has 0 amide bonds. The second-order valence-corrected chi connectivity index (χ2v) is 6.65. The molecule has 1 aromatic heterocycles. The largest absolute Gasteiger partial charge is 0.497 e. The van der Waals surface area contributed by atoms with E-state index in [0.717, 1.165) is 42.7 Å². The number of hydrogen-bond acceptors (Lipinski definition) is 5. The van der Waals surface area contributed by atoms with Gasteiger partial charge in [-0.1, -0.05) is 19.1 Å². The molecule has 0 radical (unpaired) electrons. The van der Waals surface area contributed by atoms with Crippen molar-refractivity contribution in [2.75, 3.05) is 23.9 Å². The first-order valence-electron chi connectivity index (χ1n) is 9.18. The molecule has 5 heteroatoms. The van der Waals surface area contributed by atoms with Crippen LogP contribution in [-0.4, -0.2) is 29.7 Å². The first kappa shape index (κ1) is 17.5. The summed E-state index contributed by atoms with van der Waals surface area (Å²) in [6.07, 6.45) is 4.92. The van der Waals surface area contributed by atoms with Gasteiger partial charge in [-0.15, -0.1) is 0 Å². The molecule has 1 aromatic carbocycles. The third-order valence-corrected chi connectivity index (χ3v) is 4.83. The Morgan fingerprint density at radius 3 is 2.72 bits per heavy atom. The number of anilines is 2. The number of nitrogens with one attached hydrogen (secondary N) is 1. The first-order valence-corrected chi connectivity index (χ1v) is 9.18. The molecule has 2 heterocycles. The summed E-state index contributed by atoms with van der Waals surface area (Å²) in [6.45, 7) is 6.08. The summed E-state index contributed by atoms with van der Waals surface area (Å²) in [4.78, 5) is 11.9. The van der Waals surface area contributed by atoms with E-state index in [1.807, 2.05) is 25.1 Å². The highest BCUT2D eigenvalue weighted by molar-refractivity contribution is 5.45. The molecular formula is C20H28N4O. The molecule has 0 bridgehead atoms. The standard InChI is InChI=1S/C20H28N4O/c1-4-17-7-5-6-12-24(17)20-22-15(2)13-19(23-20)21-14-16-8-10-18(25-3)11-9-16/h8-11,13,17H,4-7,12,14H2,1-3H3,(H,21,22,23). The van der Waals surface area contributed by atoms with Gasteiger partial charge in [0.05, 0.1) is 7.11 Å². The van der Waals surface area contributed by atoms with Crippen molar-refractivity contribution in [2.24, 2.45) is 0 Å². The Morgan fingerprint density at radius 1 is 1.20 bits per heavy atom. The minimum absolute atomic E-state index is 0.560. The van der Waals surface area contributed by atoms with Crippen molar-refractivity contribution in [2.45, 2.75) is 52.1 Å². The van der Waals surface area contributed by atoms with Crippen molar-refractivity contribution in [1.29, 1.82) is 0 Å². The zero-order valence-electron chi connectivity index (χ0n) is 15.5. The Labute approximate surface area is 150 Å². The van der Waals surface area contributed by atoms with Gasteiger partial charge in [0.2, 0.25) is 5.95 Å². The third kappa shape index (κ3) is 4.41. The van der Waals surface area contributed by atoms with E-state index in [1.54, 1.807) is 7.11 Å². The highest BCUT2D eigenvalue weighted by Crippen LogP contribution is 2.25.